The second-order valence-electron chi connectivity index (χ2n) is 5.25. The zero-order valence-electron chi connectivity index (χ0n) is 11.3. The van der Waals surface area contributed by atoms with Crippen molar-refractivity contribution < 1.29 is 14.3 Å². The number of aromatic nitrogens is 1. The molecule has 1 aromatic carbocycles. The Hall–Kier alpha value is -1.11. The molecule has 2 aromatic rings. The number of halogens is 1. The minimum absolute atomic E-state index is 0.376. The van der Waals surface area contributed by atoms with E-state index >= 15 is 0 Å². The highest BCUT2D eigenvalue weighted by Gasteiger charge is 2.33. The zero-order valence-corrected chi connectivity index (χ0v) is 12.9. The second-order valence-corrected chi connectivity index (χ2v) is 6.17. The van der Waals surface area contributed by atoms with E-state index in [0.717, 1.165) is 15.6 Å². The van der Waals surface area contributed by atoms with Crippen LogP contribution in [0.25, 0.3) is 11.1 Å². The maximum absolute atomic E-state index is 10.3. The first-order valence-corrected chi connectivity index (χ1v) is 7.41. The van der Waals surface area contributed by atoms with Gasteiger partial charge < -0.3 is 19.2 Å². The van der Waals surface area contributed by atoms with E-state index in [1.807, 2.05) is 18.2 Å². The van der Waals surface area contributed by atoms with Crippen molar-refractivity contribution in [1.82, 2.24) is 4.98 Å². The molecular weight excluding hydrogens is 324 g/mol. The van der Waals surface area contributed by atoms with E-state index < -0.39 is 5.60 Å². The molecule has 0 radical (unpaired) electrons. The van der Waals surface area contributed by atoms with Crippen LogP contribution in [0, 0.1) is 0 Å². The molecule has 1 aliphatic rings. The average molecular weight is 341 g/mol. The number of rotatable bonds is 3. The van der Waals surface area contributed by atoms with Gasteiger partial charge in [-0.3, -0.25) is 0 Å². The van der Waals surface area contributed by atoms with E-state index in [1.54, 1.807) is 7.11 Å². The number of benzene rings is 1. The molecule has 20 heavy (non-hydrogen) atoms. The van der Waals surface area contributed by atoms with E-state index in [9.17, 15) is 5.11 Å². The number of ether oxygens (including phenoxy) is 1. The number of oxazole rings is 1. The van der Waals surface area contributed by atoms with Crippen LogP contribution in [0.15, 0.2) is 27.1 Å². The summed E-state index contributed by atoms with van der Waals surface area (Å²) in [6.07, 6.45) is 1.31. The van der Waals surface area contributed by atoms with E-state index in [-0.39, 0.29) is 0 Å². The molecule has 1 saturated heterocycles. The Balaban J connectivity index is 1.76. The molecule has 6 heteroatoms. The highest BCUT2D eigenvalue weighted by atomic mass is 79.9. The number of anilines is 1. The highest BCUT2D eigenvalue weighted by Crippen LogP contribution is 2.29. The smallest absolute Gasteiger partial charge is 0.298 e. The molecule has 108 valence electrons. The van der Waals surface area contributed by atoms with Crippen LogP contribution in [0.5, 0.6) is 0 Å². The number of nitrogens with zero attached hydrogens (tertiary/aromatic N) is 2. The molecule has 2 heterocycles. The van der Waals surface area contributed by atoms with Gasteiger partial charge in [-0.15, -0.1) is 0 Å². The van der Waals surface area contributed by atoms with Gasteiger partial charge >= 0.3 is 0 Å². The Morgan fingerprint density at radius 2 is 2.20 bits per heavy atom. The number of hydrogen-bond donors (Lipinski definition) is 1. The molecule has 0 saturated carbocycles. The van der Waals surface area contributed by atoms with Gasteiger partial charge in [0.05, 0.1) is 12.2 Å². The Bertz CT molecular complexity index is 605. The Morgan fingerprint density at radius 3 is 2.90 bits per heavy atom. The predicted molar refractivity (Wildman–Crippen MR) is 80.0 cm³/mol. The number of aliphatic hydroxyl groups is 1. The molecule has 1 aliphatic heterocycles. The summed E-state index contributed by atoms with van der Waals surface area (Å²) in [7, 11) is 1.61. The van der Waals surface area contributed by atoms with Crippen LogP contribution in [0.1, 0.15) is 12.8 Å². The maximum Gasteiger partial charge on any atom is 0.298 e. The third kappa shape index (κ3) is 2.68. The van der Waals surface area contributed by atoms with Crippen LogP contribution in [-0.4, -0.2) is 42.5 Å². The van der Waals surface area contributed by atoms with Crippen molar-refractivity contribution >= 4 is 33.0 Å². The Morgan fingerprint density at radius 1 is 1.45 bits per heavy atom. The van der Waals surface area contributed by atoms with Gasteiger partial charge in [-0.1, -0.05) is 15.9 Å². The Kier molecular flexibility index (Phi) is 3.70. The summed E-state index contributed by atoms with van der Waals surface area (Å²) in [5.74, 6) is 0. The van der Waals surface area contributed by atoms with Gasteiger partial charge in [0.15, 0.2) is 5.58 Å². The van der Waals surface area contributed by atoms with Crippen molar-refractivity contribution in [2.24, 2.45) is 0 Å². The fourth-order valence-corrected chi connectivity index (χ4v) is 2.90. The van der Waals surface area contributed by atoms with Crippen LogP contribution in [0.4, 0.5) is 6.01 Å². The van der Waals surface area contributed by atoms with Gasteiger partial charge in [-0.05, 0) is 31.0 Å². The lowest BCUT2D eigenvalue weighted by atomic mass is 9.92. The molecule has 0 aliphatic carbocycles. The molecule has 1 aromatic heterocycles. The third-order valence-electron chi connectivity index (χ3n) is 3.72. The Labute approximate surface area is 125 Å². The lowest BCUT2D eigenvalue weighted by Crippen LogP contribution is -2.47. The van der Waals surface area contributed by atoms with Crippen LogP contribution < -0.4 is 4.90 Å². The van der Waals surface area contributed by atoms with E-state index in [4.69, 9.17) is 9.15 Å². The van der Waals surface area contributed by atoms with Gasteiger partial charge in [0, 0.05) is 24.7 Å². The molecule has 3 rings (SSSR count). The monoisotopic (exact) mass is 340 g/mol. The summed E-state index contributed by atoms with van der Waals surface area (Å²) in [4.78, 5) is 6.57. The van der Waals surface area contributed by atoms with Crippen molar-refractivity contribution in [2.45, 2.75) is 18.4 Å². The lowest BCUT2D eigenvalue weighted by Gasteiger charge is -2.36. The number of fused-ring (bicyclic) bond motifs is 1. The summed E-state index contributed by atoms with van der Waals surface area (Å²) < 4.78 is 11.8. The van der Waals surface area contributed by atoms with Crippen LogP contribution >= 0.6 is 15.9 Å². The van der Waals surface area contributed by atoms with E-state index in [1.165, 1.54) is 0 Å². The molecular formula is C14H17BrN2O3. The van der Waals surface area contributed by atoms with Gasteiger partial charge in [0.2, 0.25) is 0 Å². The first-order valence-electron chi connectivity index (χ1n) is 6.62. The highest BCUT2D eigenvalue weighted by molar-refractivity contribution is 9.10. The number of methoxy groups -OCH3 is 1. The minimum Gasteiger partial charge on any atom is -0.423 e. The standard InChI is InChI=1S/C14H17BrN2O3/c1-19-9-14(18)4-6-17(7-5-14)13-16-11-8-10(15)2-3-12(11)20-13/h2-3,8,18H,4-7,9H2,1H3. The van der Waals surface area contributed by atoms with Crippen molar-refractivity contribution in [3.8, 4) is 0 Å². The van der Waals surface area contributed by atoms with Crippen molar-refractivity contribution in [3.05, 3.63) is 22.7 Å². The zero-order chi connectivity index (χ0) is 14.2. The number of hydrogen-bond acceptors (Lipinski definition) is 5. The summed E-state index contributed by atoms with van der Waals surface area (Å²) in [6.45, 7) is 1.81. The summed E-state index contributed by atoms with van der Waals surface area (Å²) in [5, 5.41) is 10.3. The van der Waals surface area contributed by atoms with Crippen molar-refractivity contribution in [2.75, 3.05) is 31.7 Å². The number of piperidine rings is 1. The molecule has 0 unspecified atom stereocenters. The minimum atomic E-state index is -0.722. The molecule has 0 atom stereocenters. The molecule has 1 fully saturated rings. The van der Waals surface area contributed by atoms with Gasteiger partial charge in [-0.2, -0.15) is 4.98 Å². The molecule has 0 spiro atoms. The maximum atomic E-state index is 10.3. The largest absolute Gasteiger partial charge is 0.423 e. The lowest BCUT2D eigenvalue weighted by molar-refractivity contribution is -0.0475. The van der Waals surface area contributed by atoms with E-state index in [2.05, 4.69) is 25.8 Å². The van der Waals surface area contributed by atoms with E-state index in [0.29, 0.717) is 38.6 Å². The second kappa shape index (κ2) is 5.35. The van der Waals surface area contributed by atoms with Crippen molar-refractivity contribution in [3.63, 3.8) is 0 Å². The predicted octanol–water partition coefficient (Wildman–Crippen LogP) is 2.57. The van der Waals surface area contributed by atoms with Gasteiger partial charge in [0.25, 0.3) is 6.01 Å². The fourth-order valence-electron chi connectivity index (χ4n) is 2.55. The summed E-state index contributed by atoms with van der Waals surface area (Å²) >= 11 is 3.43. The first kappa shape index (κ1) is 13.9. The summed E-state index contributed by atoms with van der Waals surface area (Å²) in [5.41, 5.74) is 0.897. The topological polar surface area (TPSA) is 58.7 Å². The summed E-state index contributed by atoms with van der Waals surface area (Å²) in [6, 6.07) is 6.40. The van der Waals surface area contributed by atoms with Gasteiger partial charge in [0.1, 0.15) is 5.52 Å². The van der Waals surface area contributed by atoms with Crippen LogP contribution in [0.3, 0.4) is 0 Å². The van der Waals surface area contributed by atoms with Crippen molar-refractivity contribution in [1.29, 1.82) is 0 Å². The molecule has 0 amide bonds. The van der Waals surface area contributed by atoms with Crippen LogP contribution in [0.2, 0.25) is 0 Å². The quantitative estimate of drug-likeness (QED) is 0.930. The SMILES string of the molecule is COCC1(O)CCN(c2nc3cc(Br)ccc3o2)CC1. The fraction of sp³-hybridized carbons (Fsp3) is 0.500. The van der Waals surface area contributed by atoms with Gasteiger partial charge in [-0.25, -0.2) is 0 Å². The van der Waals surface area contributed by atoms with Crippen LogP contribution in [-0.2, 0) is 4.74 Å². The third-order valence-corrected chi connectivity index (χ3v) is 4.21. The molecule has 5 nitrogen and oxygen atoms in total. The molecule has 1 N–H and O–H groups in total. The molecule has 0 bridgehead atoms. The average Bonchev–Trinajstić information content (AvgIpc) is 2.82. The normalized spacial score (nSPS) is 18.6. The first-order chi connectivity index (χ1) is 9.59.